The van der Waals surface area contributed by atoms with Gasteiger partial charge in [0.2, 0.25) is 11.9 Å². The number of carbonyl (C=O) groups excluding carboxylic acids is 1. The summed E-state index contributed by atoms with van der Waals surface area (Å²) in [6.07, 6.45) is 0. The van der Waals surface area contributed by atoms with Gasteiger partial charge in [-0.15, -0.1) is 24.8 Å². The molecule has 0 fully saturated rings. The van der Waals surface area contributed by atoms with Gasteiger partial charge in [0.15, 0.2) is 0 Å². The Bertz CT molecular complexity index is 640. The highest BCUT2D eigenvalue weighted by Crippen LogP contribution is 2.19. The Balaban J connectivity index is 0.00000264. The minimum Gasteiger partial charge on any atom is -0.320 e. The topological polar surface area (TPSA) is 76.2 Å². The zero-order valence-corrected chi connectivity index (χ0v) is 16.0. The SMILES string of the molecule is CCN(CC)CCn1c(NC(=O)[C@H](C)N)nc2ccccc21.Cl.Cl. The number of aromatic nitrogens is 2. The standard InChI is InChI=1S/C16H25N5O.2ClH/c1-4-20(5-2)10-11-21-14-9-7-6-8-13(14)18-16(21)19-15(22)12(3)17;;/h6-9,12H,4-5,10-11,17H2,1-3H3,(H,18,19,22);2*1H/t12-;;/m0../s1. The first-order valence-electron chi connectivity index (χ1n) is 7.80. The van der Waals surface area contributed by atoms with Crippen LogP contribution in [0.25, 0.3) is 11.0 Å². The van der Waals surface area contributed by atoms with Crippen LogP contribution in [0, 0.1) is 0 Å². The van der Waals surface area contributed by atoms with Crippen LogP contribution in [0.15, 0.2) is 24.3 Å². The molecule has 1 heterocycles. The molecule has 1 aromatic heterocycles. The number of halogens is 2. The van der Waals surface area contributed by atoms with Crippen LogP contribution in [0.3, 0.4) is 0 Å². The van der Waals surface area contributed by atoms with Gasteiger partial charge in [-0.2, -0.15) is 0 Å². The molecule has 0 saturated heterocycles. The van der Waals surface area contributed by atoms with E-state index in [9.17, 15) is 4.79 Å². The predicted octanol–water partition coefficient (Wildman–Crippen LogP) is 2.51. The second-order valence-corrected chi connectivity index (χ2v) is 5.38. The second kappa shape index (κ2) is 10.5. The van der Waals surface area contributed by atoms with Crippen LogP contribution in [-0.4, -0.2) is 46.0 Å². The van der Waals surface area contributed by atoms with E-state index >= 15 is 0 Å². The average Bonchev–Trinajstić information content (AvgIpc) is 2.85. The van der Waals surface area contributed by atoms with Crippen molar-refractivity contribution in [2.75, 3.05) is 25.0 Å². The maximum absolute atomic E-state index is 11.9. The number of benzene rings is 1. The summed E-state index contributed by atoms with van der Waals surface area (Å²) < 4.78 is 2.05. The van der Waals surface area contributed by atoms with Gasteiger partial charge in [0.1, 0.15) is 0 Å². The molecule has 1 aromatic carbocycles. The normalized spacial score (nSPS) is 11.7. The van der Waals surface area contributed by atoms with E-state index < -0.39 is 6.04 Å². The molecule has 0 aliphatic heterocycles. The first-order valence-corrected chi connectivity index (χ1v) is 7.80. The zero-order chi connectivity index (χ0) is 16.1. The van der Waals surface area contributed by atoms with Gasteiger partial charge in [-0.25, -0.2) is 4.98 Å². The van der Waals surface area contributed by atoms with Crippen LogP contribution in [0.1, 0.15) is 20.8 Å². The molecule has 0 spiro atoms. The summed E-state index contributed by atoms with van der Waals surface area (Å²) in [6, 6.07) is 7.34. The van der Waals surface area contributed by atoms with Gasteiger partial charge in [0.05, 0.1) is 17.1 Å². The van der Waals surface area contributed by atoms with Gasteiger partial charge in [-0.1, -0.05) is 26.0 Å². The molecule has 0 aliphatic rings. The lowest BCUT2D eigenvalue weighted by molar-refractivity contribution is -0.117. The molecule has 0 bridgehead atoms. The van der Waals surface area contributed by atoms with E-state index in [1.807, 2.05) is 28.8 Å². The summed E-state index contributed by atoms with van der Waals surface area (Å²) in [5, 5.41) is 2.83. The van der Waals surface area contributed by atoms with E-state index in [2.05, 4.69) is 29.0 Å². The third kappa shape index (κ3) is 5.34. The predicted molar refractivity (Wildman–Crippen MR) is 104 cm³/mol. The lowest BCUT2D eigenvalue weighted by Crippen LogP contribution is -2.34. The molecule has 0 saturated carbocycles. The Labute approximate surface area is 155 Å². The fourth-order valence-electron chi connectivity index (χ4n) is 2.40. The van der Waals surface area contributed by atoms with Crippen molar-refractivity contribution in [1.82, 2.24) is 14.5 Å². The summed E-state index contributed by atoms with van der Waals surface area (Å²) in [5.74, 6) is 0.343. The Hall–Kier alpha value is -1.34. The number of likely N-dealkylation sites (N-methyl/N-ethyl adjacent to an activating group) is 1. The average molecular weight is 376 g/mol. The van der Waals surface area contributed by atoms with Crippen molar-refractivity contribution in [1.29, 1.82) is 0 Å². The summed E-state index contributed by atoms with van der Waals surface area (Å²) in [4.78, 5) is 18.8. The number of fused-ring (bicyclic) bond motifs is 1. The number of imidazole rings is 1. The maximum Gasteiger partial charge on any atom is 0.243 e. The number of rotatable bonds is 7. The van der Waals surface area contributed by atoms with Gasteiger partial charge in [0, 0.05) is 13.1 Å². The molecule has 0 unspecified atom stereocenters. The Morgan fingerprint density at radius 3 is 2.50 bits per heavy atom. The summed E-state index contributed by atoms with van der Waals surface area (Å²) in [7, 11) is 0. The van der Waals surface area contributed by atoms with Gasteiger partial charge in [-0.05, 0) is 32.1 Å². The van der Waals surface area contributed by atoms with Crippen molar-refractivity contribution in [2.45, 2.75) is 33.4 Å². The molecule has 6 nitrogen and oxygen atoms in total. The summed E-state index contributed by atoms with van der Waals surface area (Å²) >= 11 is 0. The zero-order valence-electron chi connectivity index (χ0n) is 14.4. The quantitative estimate of drug-likeness (QED) is 0.779. The minimum absolute atomic E-state index is 0. The Kier molecular flexibility index (Phi) is 9.92. The third-order valence-electron chi connectivity index (χ3n) is 3.84. The smallest absolute Gasteiger partial charge is 0.243 e. The van der Waals surface area contributed by atoms with Crippen LogP contribution in [-0.2, 0) is 11.3 Å². The maximum atomic E-state index is 11.9. The highest BCUT2D eigenvalue weighted by Gasteiger charge is 2.15. The van der Waals surface area contributed by atoms with Crippen LogP contribution < -0.4 is 11.1 Å². The van der Waals surface area contributed by atoms with Crippen molar-refractivity contribution in [3.63, 3.8) is 0 Å². The molecular formula is C16H27Cl2N5O. The third-order valence-corrected chi connectivity index (χ3v) is 3.84. The Morgan fingerprint density at radius 2 is 1.92 bits per heavy atom. The van der Waals surface area contributed by atoms with Crippen molar-refractivity contribution in [3.8, 4) is 0 Å². The molecule has 2 aromatic rings. The number of carbonyl (C=O) groups is 1. The molecule has 8 heteroatoms. The molecule has 24 heavy (non-hydrogen) atoms. The number of anilines is 1. The highest BCUT2D eigenvalue weighted by atomic mass is 35.5. The number of para-hydroxylation sites is 2. The van der Waals surface area contributed by atoms with Gasteiger partial charge in [0.25, 0.3) is 0 Å². The van der Waals surface area contributed by atoms with E-state index in [0.29, 0.717) is 5.95 Å². The Morgan fingerprint density at radius 1 is 1.29 bits per heavy atom. The fraction of sp³-hybridized carbons (Fsp3) is 0.500. The number of nitrogens with two attached hydrogens (primary N) is 1. The lowest BCUT2D eigenvalue weighted by Gasteiger charge is -2.19. The molecule has 2 rings (SSSR count). The van der Waals surface area contributed by atoms with Crippen LogP contribution in [0.4, 0.5) is 5.95 Å². The molecule has 1 atom stereocenters. The van der Waals surface area contributed by atoms with Crippen LogP contribution in [0.5, 0.6) is 0 Å². The van der Waals surface area contributed by atoms with E-state index in [1.165, 1.54) is 0 Å². The first kappa shape index (κ1) is 22.7. The molecule has 0 radical (unpaired) electrons. The van der Waals surface area contributed by atoms with Crippen LogP contribution >= 0.6 is 24.8 Å². The van der Waals surface area contributed by atoms with E-state index in [4.69, 9.17) is 5.73 Å². The van der Waals surface area contributed by atoms with Gasteiger partial charge < -0.3 is 15.2 Å². The second-order valence-electron chi connectivity index (χ2n) is 5.38. The largest absolute Gasteiger partial charge is 0.320 e. The monoisotopic (exact) mass is 375 g/mol. The molecule has 3 N–H and O–H groups in total. The minimum atomic E-state index is -0.559. The van der Waals surface area contributed by atoms with Gasteiger partial charge in [-0.3, -0.25) is 10.1 Å². The van der Waals surface area contributed by atoms with E-state index in [1.54, 1.807) is 6.92 Å². The highest BCUT2D eigenvalue weighted by molar-refractivity contribution is 5.94. The summed E-state index contributed by atoms with van der Waals surface area (Å²) in [6.45, 7) is 9.65. The number of nitrogens with zero attached hydrogens (tertiary/aromatic N) is 3. The summed E-state index contributed by atoms with van der Waals surface area (Å²) in [5.41, 5.74) is 7.54. The lowest BCUT2D eigenvalue weighted by atomic mass is 10.3. The molecule has 0 aliphatic carbocycles. The van der Waals surface area contributed by atoms with Crippen molar-refractivity contribution in [3.05, 3.63) is 24.3 Å². The number of amides is 1. The number of hydrogen-bond acceptors (Lipinski definition) is 4. The van der Waals surface area contributed by atoms with Gasteiger partial charge >= 0.3 is 0 Å². The molecule has 136 valence electrons. The molecular weight excluding hydrogens is 349 g/mol. The van der Waals surface area contributed by atoms with Crippen molar-refractivity contribution < 1.29 is 4.79 Å². The first-order chi connectivity index (χ1) is 10.6. The van der Waals surface area contributed by atoms with Crippen molar-refractivity contribution >= 4 is 47.7 Å². The molecule has 1 amide bonds. The number of hydrogen-bond donors (Lipinski definition) is 2. The number of nitrogens with one attached hydrogen (secondary N) is 1. The van der Waals surface area contributed by atoms with Crippen LogP contribution in [0.2, 0.25) is 0 Å². The van der Waals surface area contributed by atoms with Crippen molar-refractivity contribution in [2.24, 2.45) is 5.73 Å². The fourth-order valence-corrected chi connectivity index (χ4v) is 2.40. The van der Waals surface area contributed by atoms with E-state index in [-0.39, 0.29) is 30.7 Å². The van der Waals surface area contributed by atoms with E-state index in [0.717, 1.165) is 37.2 Å².